The number of thiophene rings is 1. The van der Waals surface area contributed by atoms with Gasteiger partial charge in [0.25, 0.3) is 5.91 Å². The first-order chi connectivity index (χ1) is 12.2. The smallest absolute Gasteiger partial charge is 0.266 e. The standard InChI is InChI=1S/C18H17N5OS/c1-3-22-14-8-5-4-7-13(14)19-18(22)23-16(11-12(2)21-23)20-17(24)15-9-6-10-25-15/h4-11H,3H2,1-2H3,(H,20,24). The number of rotatable bonds is 4. The van der Waals surface area contributed by atoms with Gasteiger partial charge in [0.05, 0.1) is 21.6 Å². The van der Waals surface area contributed by atoms with Crippen LogP contribution in [0.1, 0.15) is 22.3 Å². The van der Waals surface area contributed by atoms with Crippen molar-refractivity contribution in [1.29, 1.82) is 0 Å². The van der Waals surface area contributed by atoms with E-state index in [0.717, 1.165) is 23.3 Å². The highest BCUT2D eigenvalue weighted by Gasteiger charge is 2.18. The third-order valence-electron chi connectivity index (χ3n) is 3.96. The minimum absolute atomic E-state index is 0.143. The summed E-state index contributed by atoms with van der Waals surface area (Å²) in [5.41, 5.74) is 2.77. The first kappa shape index (κ1) is 15.6. The molecular formula is C18H17N5OS. The molecule has 0 unspecified atom stereocenters. The Kier molecular flexibility index (Phi) is 3.85. The zero-order valence-electron chi connectivity index (χ0n) is 13.9. The van der Waals surface area contributed by atoms with Crippen LogP contribution in [0.25, 0.3) is 17.0 Å². The molecule has 0 bridgehead atoms. The summed E-state index contributed by atoms with van der Waals surface area (Å²) in [5, 5.41) is 9.37. The number of carbonyl (C=O) groups excluding carboxylic acids is 1. The molecule has 6 nitrogen and oxygen atoms in total. The zero-order chi connectivity index (χ0) is 17.4. The average Bonchev–Trinajstić information content (AvgIpc) is 3.32. The number of hydrogen-bond donors (Lipinski definition) is 1. The minimum atomic E-state index is -0.143. The van der Waals surface area contributed by atoms with Crippen molar-refractivity contribution in [3.05, 3.63) is 58.4 Å². The third kappa shape index (κ3) is 2.72. The fraction of sp³-hybridized carbons (Fsp3) is 0.167. The quantitative estimate of drug-likeness (QED) is 0.607. The topological polar surface area (TPSA) is 64.7 Å². The van der Waals surface area contributed by atoms with Gasteiger partial charge in [-0.15, -0.1) is 11.3 Å². The molecule has 0 saturated carbocycles. The first-order valence-corrected chi connectivity index (χ1v) is 8.92. The largest absolute Gasteiger partial charge is 0.309 e. The normalized spacial score (nSPS) is 11.1. The Morgan fingerprint density at radius 2 is 2.08 bits per heavy atom. The monoisotopic (exact) mass is 351 g/mol. The number of fused-ring (bicyclic) bond motifs is 1. The second-order valence-electron chi connectivity index (χ2n) is 5.66. The van der Waals surface area contributed by atoms with Gasteiger partial charge in [0.15, 0.2) is 0 Å². The van der Waals surface area contributed by atoms with Crippen LogP contribution in [0, 0.1) is 6.92 Å². The van der Waals surface area contributed by atoms with E-state index in [0.29, 0.717) is 16.6 Å². The summed E-state index contributed by atoms with van der Waals surface area (Å²) < 4.78 is 3.78. The fourth-order valence-electron chi connectivity index (χ4n) is 2.86. The predicted molar refractivity (Wildman–Crippen MR) is 99.5 cm³/mol. The van der Waals surface area contributed by atoms with Gasteiger partial charge in [-0.3, -0.25) is 4.79 Å². The number of nitrogens with zero attached hydrogens (tertiary/aromatic N) is 4. The Balaban J connectivity index is 1.80. The molecule has 0 radical (unpaired) electrons. The predicted octanol–water partition coefficient (Wildman–Crippen LogP) is 3.86. The molecule has 25 heavy (non-hydrogen) atoms. The minimum Gasteiger partial charge on any atom is -0.309 e. The number of imidazole rings is 1. The highest BCUT2D eigenvalue weighted by Crippen LogP contribution is 2.23. The number of aryl methyl sites for hydroxylation is 2. The van der Waals surface area contributed by atoms with Crippen LogP contribution in [0.2, 0.25) is 0 Å². The molecule has 1 N–H and O–H groups in total. The molecule has 4 rings (SSSR count). The molecule has 0 spiro atoms. The van der Waals surface area contributed by atoms with E-state index in [1.807, 2.05) is 48.7 Å². The number of aromatic nitrogens is 4. The lowest BCUT2D eigenvalue weighted by Gasteiger charge is -2.09. The number of benzene rings is 1. The summed E-state index contributed by atoms with van der Waals surface area (Å²) in [6, 6.07) is 13.5. The number of nitrogens with one attached hydrogen (secondary N) is 1. The van der Waals surface area contributed by atoms with Crippen molar-refractivity contribution >= 4 is 34.1 Å². The summed E-state index contributed by atoms with van der Waals surface area (Å²) in [4.78, 5) is 17.8. The second kappa shape index (κ2) is 6.18. The fourth-order valence-corrected chi connectivity index (χ4v) is 3.48. The Labute approximate surface area is 148 Å². The van der Waals surface area contributed by atoms with Crippen molar-refractivity contribution in [3.63, 3.8) is 0 Å². The molecule has 126 valence electrons. The van der Waals surface area contributed by atoms with E-state index in [1.54, 1.807) is 10.7 Å². The van der Waals surface area contributed by atoms with Crippen LogP contribution in [0.5, 0.6) is 0 Å². The Hall–Kier alpha value is -2.93. The summed E-state index contributed by atoms with van der Waals surface area (Å²) >= 11 is 1.41. The molecule has 1 amide bonds. The van der Waals surface area contributed by atoms with Gasteiger partial charge in [-0.2, -0.15) is 9.78 Å². The van der Waals surface area contributed by atoms with Crippen LogP contribution in [-0.4, -0.2) is 25.2 Å². The van der Waals surface area contributed by atoms with Crippen molar-refractivity contribution in [2.45, 2.75) is 20.4 Å². The lowest BCUT2D eigenvalue weighted by Crippen LogP contribution is -2.16. The lowest BCUT2D eigenvalue weighted by atomic mass is 10.3. The number of para-hydroxylation sites is 2. The summed E-state index contributed by atoms with van der Waals surface area (Å²) in [5.74, 6) is 1.16. The van der Waals surface area contributed by atoms with Gasteiger partial charge in [-0.05, 0) is 37.4 Å². The maximum Gasteiger partial charge on any atom is 0.266 e. The van der Waals surface area contributed by atoms with Crippen LogP contribution in [-0.2, 0) is 6.54 Å². The summed E-state index contributed by atoms with van der Waals surface area (Å²) in [6.07, 6.45) is 0. The van der Waals surface area contributed by atoms with Gasteiger partial charge in [0, 0.05) is 12.6 Å². The van der Waals surface area contributed by atoms with Gasteiger partial charge < -0.3 is 9.88 Å². The molecule has 0 aliphatic carbocycles. The van der Waals surface area contributed by atoms with Crippen LogP contribution >= 0.6 is 11.3 Å². The highest BCUT2D eigenvalue weighted by atomic mass is 32.1. The molecule has 0 atom stereocenters. The van der Waals surface area contributed by atoms with Crippen molar-refractivity contribution in [2.75, 3.05) is 5.32 Å². The van der Waals surface area contributed by atoms with Gasteiger partial charge in [-0.25, -0.2) is 4.98 Å². The van der Waals surface area contributed by atoms with E-state index < -0.39 is 0 Å². The number of hydrogen-bond acceptors (Lipinski definition) is 4. The molecule has 3 aromatic heterocycles. The van der Waals surface area contributed by atoms with Crippen LogP contribution in [0.15, 0.2) is 47.8 Å². The van der Waals surface area contributed by atoms with Gasteiger partial charge in [0.1, 0.15) is 5.82 Å². The first-order valence-electron chi connectivity index (χ1n) is 8.04. The summed E-state index contributed by atoms with van der Waals surface area (Å²) in [7, 11) is 0. The number of anilines is 1. The second-order valence-corrected chi connectivity index (χ2v) is 6.61. The van der Waals surface area contributed by atoms with E-state index in [-0.39, 0.29) is 5.91 Å². The van der Waals surface area contributed by atoms with E-state index in [1.165, 1.54) is 11.3 Å². The number of carbonyl (C=O) groups is 1. The lowest BCUT2D eigenvalue weighted by molar-refractivity contribution is 0.103. The van der Waals surface area contributed by atoms with Gasteiger partial charge in [0.2, 0.25) is 5.95 Å². The molecular weight excluding hydrogens is 334 g/mol. The molecule has 0 saturated heterocycles. The van der Waals surface area contributed by atoms with E-state index >= 15 is 0 Å². The van der Waals surface area contributed by atoms with Crippen molar-refractivity contribution in [1.82, 2.24) is 19.3 Å². The van der Waals surface area contributed by atoms with E-state index in [9.17, 15) is 4.79 Å². The molecule has 0 aliphatic rings. The van der Waals surface area contributed by atoms with Gasteiger partial charge >= 0.3 is 0 Å². The van der Waals surface area contributed by atoms with Crippen molar-refractivity contribution in [3.8, 4) is 5.95 Å². The Morgan fingerprint density at radius 1 is 1.24 bits per heavy atom. The maximum atomic E-state index is 12.4. The Bertz CT molecular complexity index is 1040. The molecule has 1 aromatic carbocycles. The van der Waals surface area contributed by atoms with Crippen LogP contribution < -0.4 is 5.32 Å². The Morgan fingerprint density at radius 3 is 2.84 bits per heavy atom. The van der Waals surface area contributed by atoms with E-state index in [4.69, 9.17) is 4.98 Å². The van der Waals surface area contributed by atoms with E-state index in [2.05, 4.69) is 21.9 Å². The average molecular weight is 351 g/mol. The SMILES string of the molecule is CCn1c(-n2nc(C)cc2NC(=O)c2cccs2)nc2ccccc21. The third-order valence-corrected chi connectivity index (χ3v) is 4.83. The van der Waals surface area contributed by atoms with Crippen molar-refractivity contribution in [2.24, 2.45) is 0 Å². The maximum absolute atomic E-state index is 12.4. The highest BCUT2D eigenvalue weighted by molar-refractivity contribution is 7.12. The zero-order valence-corrected chi connectivity index (χ0v) is 14.7. The van der Waals surface area contributed by atoms with Crippen LogP contribution in [0.4, 0.5) is 5.82 Å². The number of amides is 1. The molecule has 0 aliphatic heterocycles. The molecule has 0 fully saturated rings. The van der Waals surface area contributed by atoms with Crippen molar-refractivity contribution < 1.29 is 4.79 Å². The van der Waals surface area contributed by atoms with Gasteiger partial charge in [-0.1, -0.05) is 18.2 Å². The molecule has 4 aromatic rings. The summed E-state index contributed by atoms with van der Waals surface area (Å²) in [6.45, 7) is 4.72. The molecule has 3 heterocycles. The van der Waals surface area contributed by atoms with Crippen LogP contribution in [0.3, 0.4) is 0 Å². The molecule has 7 heteroatoms.